The number of hydrogen-bond donors (Lipinski definition) is 1. The average molecular weight is 343 g/mol. The molecule has 1 aromatic carbocycles. The van der Waals surface area contributed by atoms with Crippen molar-refractivity contribution in [2.75, 3.05) is 12.8 Å². The van der Waals surface area contributed by atoms with E-state index in [1.54, 1.807) is 25.4 Å². The van der Waals surface area contributed by atoms with Crippen molar-refractivity contribution in [3.63, 3.8) is 0 Å². The van der Waals surface area contributed by atoms with E-state index in [-0.39, 0.29) is 5.82 Å². The van der Waals surface area contributed by atoms with Crippen molar-refractivity contribution in [2.24, 2.45) is 0 Å². The van der Waals surface area contributed by atoms with E-state index in [9.17, 15) is 4.79 Å². The van der Waals surface area contributed by atoms with Crippen molar-refractivity contribution >= 4 is 28.4 Å². The van der Waals surface area contributed by atoms with Crippen molar-refractivity contribution in [1.29, 1.82) is 0 Å². The number of halogens is 1. The fourth-order valence-corrected chi connectivity index (χ4v) is 1.85. The third-order valence-corrected chi connectivity index (χ3v) is 3.09. The number of ether oxygens (including phenoxy) is 1. The Balaban J connectivity index is 2.69. The molecule has 0 amide bonds. The number of nitrogen functional groups attached to an aromatic ring is 1. The monoisotopic (exact) mass is 343 g/mol. The van der Waals surface area contributed by atoms with E-state index in [0.717, 1.165) is 0 Å². The lowest BCUT2D eigenvalue weighted by Gasteiger charge is -2.10. The first-order valence-electron chi connectivity index (χ1n) is 4.81. The molecule has 0 aliphatic rings. The average Bonchev–Trinajstić information content (AvgIpc) is 2.34. The molecule has 2 aromatic rings. The molecule has 1 heterocycles. The topological polar surface area (TPSA) is 70.1 Å². The normalized spacial score (nSPS) is 10.2. The maximum absolute atomic E-state index is 11.8. The Kier molecular flexibility index (Phi) is 3.32. The Morgan fingerprint density at radius 1 is 1.41 bits per heavy atom. The van der Waals surface area contributed by atoms with Gasteiger partial charge in [0.15, 0.2) is 0 Å². The van der Waals surface area contributed by atoms with Crippen LogP contribution in [0.5, 0.6) is 5.75 Å². The maximum Gasteiger partial charge on any atom is 0.354 e. The maximum atomic E-state index is 11.8. The summed E-state index contributed by atoms with van der Waals surface area (Å²) < 4.78 is 7.33. The zero-order valence-electron chi connectivity index (χ0n) is 9.05. The molecule has 0 radical (unpaired) electrons. The molecule has 17 heavy (non-hydrogen) atoms. The first-order chi connectivity index (χ1) is 8.13. The van der Waals surface area contributed by atoms with Gasteiger partial charge in [0.05, 0.1) is 16.4 Å². The Morgan fingerprint density at radius 2 is 2.12 bits per heavy atom. The summed E-state index contributed by atoms with van der Waals surface area (Å²) in [6, 6.07) is 7.23. The van der Waals surface area contributed by atoms with E-state index >= 15 is 0 Å². The molecular formula is C11H10IN3O2. The van der Waals surface area contributed by atoms with Crippen molar-refractivity contribution < 1.29 is 4.74 Å². The number of aromatic nitrogens is 2. The van der Waals surface area contributed by atoms with Crippen molar-refractivity contribution in [3.05, 3.63) is 44.5 Å². The molecular weight excluding hydrogens is 333 g/mol. The summed E-state index contributed by atoms with van der Waals surface area (Å²) in [6.07, 6.45) is 1.64. The number of para-hydroxylation sites is 2. The molecule has 2 rings (SSSR count). The summed E-state index contributed by atoms with van der Waals surface area (Å²) in [5.41, 5.74) is 5.80. The molecule has 0 saturated heterocycles. The first kappa shape index (κ1) is 11.9. The fraction of sp³-hybridized carbons (Fsp3) is 0.0909. The quantitative estimate of drug-likeness (QED) is 0.838. The van der Waals surface area contributed by atoms with Crippen LogP contribution >= 0.6 is 22.6 Å². The van der Waals surface area contributed by atoms with Gasteiger partial charge < -0.3 is 10.5 Å². The molecule has 6 heteroatoms. The van der Waals surface area contributed by atoms with Gasteiger partial charge in [-0.25, -0.2) is 4.79 Å². The molecule has 0 bridgehead atoms. The van der Waals surface area contributed by atoms with Crippen molar-refractivity contribution in [3.8, 4) is 11.4 Å². The summed E-state index contributed by atoms with van der Waals surface area (Å²) in [5.74, 6) is 0.846. The molecule has 5 nitrogen and oxygen atoms in total. The highest BCUT2D eigenvalue weighted by Crippen LogP contribution is 2.21. The number of hydrogen-bond acceptors (Lipinski definition) is 4. The van der Waals surface area contributed by atoms with Crippen LogP contribution < -0.4 is 16.2 Å². The molecule has 0 fully saturated rings. The smallest absolute Gasteiger partial charge is 0.354 e. The van der Waals surface area contributed by atoms with Gasteiger partial charge in [0.25, 0.3) is 0 Å². The van der Waals surface area contributed by atoms with Gasteiger partial charge in [0, 0.05) is 6.20 Å². The highest BCUT2D eigenvalue weighted by atomic mass is 127. The fourth-order valence-electron chi connectivity index (χ4n) is 1.45. The van der Waals surface area contributed by atoms with Gasteiger partial charge in [-0.15, -0.1) is 0 Å². The van der Waals surface area contributed by atoms with Gasteiger partial charge in [0.1, 0.15) is 11.6 Å². The van der Waals surface area contributed by atoms with E-state index < -0.39 is 5.69 Å². The van der Waals surface area contributed by atoms with Crippen LogP contribution in [0.1, 0.15) is 0 Å². The summed E-state index contributed by atoms with van der Waals surface area (Å²) in [6.45, 7) is 0. The van der Waals surface area contributed by atoms with E-state index in [4.69, 9.17) is 10.5 Å². The van der Waals surface area contributed by atoms with E-state index in [0.29, 0.717) is 15.0 Å². The van der Waals surface area contributed by atoms with Crippen LogP contribution in [0.25, 0.3) is 5.69 Å². The lowest BCUT2D eigenvalue weighted by atomic mass is 10.3. The third-order valence-electron chi connectivity index (χ3n) is 2.25. The zero-order chi connectivity index (χ0) is 12.4. The highest BCUT2D eigenvalue weighted by Gasteiger charge is 2.09. The van der Waals surface area contributed by atoms with Gasteiger partial charge in [-0.1, -0.05) is 12.1 Å². The van der Waals surface area contributed by atoms with E-state index in [1.165, 1.54) is 4.57 Å². The Morgan fingerprint density at radius 3 is 2.82 bits per heavy atom. The van der Waals surface area contributed by atoms with Crippen LogP contribution in [0.15, 0.2) is 35.3 Å². The van der Waals surface area contributed by atoms with Crippen LogP contribution in [0.4, 0.5) is 5.82 Å². The molecule has 0 aliphatic heterocycles. The largest absolute Gasteiger partial charge is 0.495 e. The number of nitrogens with two attached hydrogens (primary N) is 1. The minimum absolute atomic E-state index is 0.238. The van der Waals surface area contributed by atoms with Crippen molar-refractivity contribution in [1.82, 2.24) is 9.55 Å². The van der Waals surface area contributed by atoms with Gasteiger partial charge in [0.2, 0.25) is 0 Å². The molecule has 0 saturated carbocycles. The lowest BCUT2D eigenvalue weighted by Crippen LogP contribution is -2.23. The second kappa shape index (κ2) is 4.74. The van der Waals surface area contributed by atoms with Crippen LogP contribution in [-0.2, 0) is 0 Å². The molecule has 2 N–H and O–H groups in total. The second-order valence-corrected chi connectivity index (χ2v) is 4.46. The first-order valence-corrected chi connectivity index (χ1v) is 5.89. The summed E-state index contributed by atoms with van der Waals surface area (Å²) in [5, 5.41) is 0. The van der Waals surface area contributed by atoms with Crippen LogP contribution in [0.3, 0.4) is 0 Å². The number of anilines is 1. The Bertz CT molecular complexity index is 610. The summed E-state index contributed by atoms with van der Waals surface area (Å²) in [4.78, 5) is 15.5. The lowest BCUT2D eigenvalue weighted by molar-refractivity contribution is 0.412. The molecule has 88 valence electrons. The minimum Gasteiger partial charge on any atom is -0.495 e. The van der Waals surface area contributed by atoms with Gasteiger partial charge >= 0.3 is 5.69 Å². The standard InChI is InChI=1S/C11H10IN3O2/c1-17-9-5-3-2-4-8(9)15-6-7(12)10(13)14-11(15)16/h2-6H,1H3,(H2,13,14,16). The Labute approximate surface area is 111 Å². The van der Waals surface area contributed by atoms with Crippen LogP contribution in [0, 0.1) is 3.57 Å². The van der Waals surface area contributed by atoms with Crippen molar-refractivity contribution in [2.45, 2.75) is 0 Å². The predicted octanol–water partition coefficient (Wildman–Crippen LogP) is 1.43. The molecule has 0 spiro atoms. The third kappa shape index (κ3) is 2.26. The van der Waals surface area contributed by atoms with Crippen LogP contribution in [0.2, 0.25) is 0 Å². The number of benzene rings is 1. The second-order valence-electron chi connectivity index (χ2n) is 3.30. The number of nitrogens with zero attached hydrogens (tertiary/aromatic N) is 2. The number of rotatable bonds is 2. The summed E-state index contributed by atoms with van der Waals surface area (Å²) >= 11 is 2.03. The van der Waals surface area contributed by atoms with E-state index in [2.05, 4.69) is 4.98 Å². The predicted molar refractivity (Wildman–Crippen MR) is 73.5 cm³/mol. The van der Waals surface area contributed by atoms with Gasteiger partial charge in [-0.2, -0.15) is 4.98 Å². The SMILES string of the molecule is COc1ccccc1-n1cc(I)c(N)nc1=O. The zero-order valence-corrected chi connectivity index (χ0v) is 11.2. The Hall–Kier alpha value is -1.57. The molecule has 1 aromatic heterocycles. The molecule has 0 aliphatic carbocycles. The molecule has 0 unspecified atom stereocenters. The number of methoxy groups -OCH3 is 1. The van der Waals surface area contributed by atoms with E-state index in [1.807, 2.05) is 34.7 Å². The van der Waals surface area contributed by atoms with Gasteiger partial charge in [-0.3, -0.25) is 4.57 Å². The summed E-state index contributed by atoms with van der Waals surface area (Å²) in [7, 11) is 1.56. The highest BCUT2D eigenvalue weighted by molar-refractivity contribution is 14.1. The van der Waals surface area contributed by atoms with Gasteiger partial charge in [-0.05, 0) is 34.7 Å². The minimum atomic E-state index is -0.424. The van der Waals surface area contributed by atoms with Crippen LogP contribution in [-0.4, -0.2) is 16.7 Å². The molecule has 0 atom stereocenters.